The number of nitrogens with one attached hydrogen (secondary N) is 1. The molecule has 0 amide bonds. The normalized spacial score (nSPS) is 12.8. The lowest BCUT2D eigenvalue weighted by atomic mass is 9.99. The summed E-state index contributed by atoms with van der Waals surface area (Å²) >= 11 is 0. The summed E-state index contributed by atoms with van der Waals surface area (Å²) in [5, 5.41) is 3.36. The van der Waals surface area contributed by atoms with Gasteiger partial charge in [0.2, 0.25) is 0 Å². The van der Waals surface area contributed by atoms with Crippen LogP contribution in [-0.2, 0) is 4.74 Å². The first kappa shape index (κ1) is 13.1. The van der Waals surface area contributed by atoms with E-state index in [0.717, 1.165) is 24.1 Å². The number of rotatable bonds is 6. The summed E-state index contributed by atoms with van der Waals surface area (Å²) in [5.74, 6) is -0.180. The van der Waals surface area contributed by atoms with Gasteiger partial charge in [0, 0.05) is 19.8 Å². The van der Waals surface area contributed by atoms with Crippen molar-refractivity contribution in [3.8, 4) is 0 Å². The molecule has 0 aromatic heterocycles. The summed E-state index contributed by atoms with van der Waals surface area (Å²) in [5.41, 5.74) is 2.14. The van der Waals surface area contributed by atoms with Gasteiger partial charge < -0.3 is 10.1 Å². The van der Waals surface area contributed by atoms with Gasteiger partial charge in [0.15, 0.2) is 0 Å². The van der Waals surface area contributed by atoms with Crippen LogP contribution in [0.3, 0.4) is 0 Å². The van der Waals surface area contributed by atoms with Crippen molar-refractivity contribution in [3.05, 3.63) is 35.1 Å². The van der Waals surface area contributed by atoms with Crippen molar-refractivity contribution >= 4 is 0 Å². The Hall–Kier alpha value is -0.930. The van der Waals surface area contributed by atoms with Gasteiger partial charge in [0.25, 0.3) is 0 Å². The zero-order valence-electron chi connectivity index (χ0n) is 10.2. The van der Waals surface area contributed by atoms with Crippen molar-refractivity contribution in [1.82, 2.24) is 5.32 Å². The first-order valence-electron chi connectivity index (χ1n) is 5.67. The monoisotopic (exact) mass is 225 g/mol. The molecule has 0 aliphatic heterocycles. The Morgan fingerprint density at radius 3 is 2.81 bits per heavy atom. The highest BCUT2D eigenvalue weighted by atomic mass is 19.1. The second kappa shape index (κ2) is 6.61. The third kappa shape index (κ3) is 3.58. The molecule has 90 valence electrons. The van der Waals surface area contributed by atoms with Crippen LogP contribution in [0.5, 0.6) is 0 Å². The molecule has 0 bridgehead atoms. The molecule has 1 rings (SSSR count). The molecule has 3 heteroatoms. The van der Waals surface area contributed by atoms with Crippen LogP contribution < -0.4 is 5.32 Å². The van der Waals surface area contributed by atoms with E-state index >= 15 is 0 Å². The number of benzene rings is 1. The third-order valence-electron chi connectivity index (χ3n) is 2.68. The molecule has 0 saturated carbocycles. The van der Waals surface area contributed by atoms with Crippen LogP contribution in [0.1, 0.15) is 30.5 Å². The van der Waals surface area contributed by atoms with Crippen molar-refractivity contribution in [2.24, 2.45) is 0 Å². The smallest absolute Gasteiger partial charge is 0.123 e. The minimum absolute atomic E-state index is 0.167. The van der Waals surface area contributed by atoms with Crippen LogP contribution in [0.2, 0.25) is 0 Å². The molecule has 0 heterocycles. The molecule has 1 N–H and O–H groups in total. The molecule has 2 nitrogen and oxygen atoms in total. The summed E-state index contributed by atoms with van der Waals surface area (Å²) in [6.45, 7) is 5.60. The maximum absolute atomic E-state index is 13.2. The molecule has 1 aromatic carbocycles. The molecular weight excluding hydrogens is 205 g/mol. The Morgan fingerprint density at radius 1 is 1.44 bits per heavy atom. The minimum Gasteiger partial charge on any atom is -0.385 e. The van der Waals surface area contributed by atoms with E-state index in [9.17, 15) is 4.39 Å². The van der Waals surface area contributed by atoms with E-state index in [1.165, 1.54) is 6.07 Å². The fraction of sp³-hybridized carbons (Fsp3) is 0.538. The van der Waals surface area contributed by atoms with Gasteiger partial charge in [-0.05, 0) is 43.1 Å². The molecule has 1 aromatic rings. The van der Waals surface area contributed by atoms with E-state index in [-0.39, 0.29) is 11.9 Å². The zero-order valence-corrected chi connectivity index (χ0v) is 10.2. The molecule has 0 fully saturated rings. The number of ether oxygens (including phenoxy) is 1. The van der Waals surface area contributed by atoms with Crippen molar-refractivity contribution in [1.29, 1.82) is 0 Å². The number of aryl methyl sites for hydroxylation is 1. The Bertz CT molecular complexity index is 328. The standard InChI is InChI=1S/C13H20FNO/c1-4-15-13(7-8-16-3)12-9-11(14)6-5-10(12)2/h5-6,9,13,15H,4,7-8H2,1-3H3. The van der Waals surface area contributed by atoms with Crippen molar-refractivity contribution < 1.29 is 9.13 Å². The zero-order chi connectivity index (χ0) is 12.0. The lowest BCUT2D eigenvalue weighted by Crippen LogP contribution is -2.23. The Labute approximate surface area is 96.8 Å². The molecule has 0 saturated heterocycles. The van der Waals surface area contributed by atoms with Crippen LogP contribution >= 0.6 is 0 Å². The van der Waals surface area contributed by atoms with Gasteiger partial charge in [-0.25, -0.2) is 4.39 Å². The number of halogens is 1. The molecule has 0 spiro atoms. The fourth-order valence-corrected chi connectivity index (χ4v) is 1.84. The lowest BCUT2D eigenvalue weighted by Gasteiger charge is -2.20. The van der Waals surface area contributed by atoms with E-state index in [4.69, 9.17) is 4.74 Å². The molecule has 0 radical (unpaired) electrons. The lowest BCUT2D eigenvalue weighted by molar-refractivity contribution is 0.183. The van der Waals surface area contributed by atoms with Gasteiger partial charge in [-0.15, -0.1) is 0 Å². The van der Waals surface area contributed by atoms with Crippen LogP contribution in [0.15, 0.2) is 18.2 Å². The topological polar surface area (TPSA) is 21.3 Å². The third-order valence-corrected chi connectivity index (χ3v) is 2.68. The van der Waals surface area contributed by atoms with Crippen molar-refractivity contribution in [2.45, 2.75) is 26.3 Å². The summed E-state index contributed by atoms with van der Waals surface area (Å²) in [4.78, 5) is 0. The highest BCUT2D eigenvalue weighted by molar-refractivity contribution is 5.29. The summed E-state index contributed by atoms with van der Waals surface area (Å²) < 4.78 is 18.3. The summed E-state index contributed by atoms with van der Waals surface area (Å²) in [6.07, 6.45) is 0.856. The highest BCUT2D eigenvalue weighted by Crippen LogP contribution is 2.21. The minimum atomic E-state index is -0.180. The largest absolute Gasteiger partial charge is 0.385 e. The quantitative estimate of drug-likeness (QED) is 0.803. The van der Waals surface area contributed by atoms with Crippen molar-refractivity contribution in [3.63, 3.8) is 0 Å². The van der Waals surface area contributed by atoms with E-state index in [1.807, 2.05) is 13.0 Å². The maximum Gasteiger partial charge on any atom is 0.123 e. The van der Waals surface area contributed by atoms with E-state index < -0.39 is 0 Å². The first-order valence-corrected chi connectivity index (χ1v) is 5.67. The molecule has 1 atom stereocenters. The SMILES string of the molecule is CCNC(CCOC)c1cc(F)ccc1C. The fourth-order valence-electron chi connectivity index (χ4n) is 1.84. The van der Waals surface area contributed by atoms with Crippen LogP contribution in [0.4, 0.5) is 4.39 Å². The Morgan fingerprint density at radius 2 is 2.19 bits per heavy atom. The maximum atomic E-state index is 13.2. The van der Waals surface area contributed by atoms with Crippen molar-refractivity contribution in [2.75, 3.05) is 20.3 Å². The van der Waals surface area contributed by atoms with Gasteiger partial charge in [-0.2, -0.15) is 0 Å². The average molecular weight is 225 g/mol. The van der Waals surface area contributed by atoms with Crippen LogP contribution in [0.25, 0.3) is 0 Å². The molecule has 16 heavy (non-hydrogen) atoms. The average Bonchev–Trinajstić information content (AvgIpc) is 2.28. The first-order chi connectivity index (χ1) is 7.69. The molecular formula is C13H20FNO. The molecule has 1 unspecified atom stereocenters. The van der Waals surface area contributed by atoms with Gasteiger partial charge in [0.1, 0.15) is 5.82 Å². The van der Waals surface area contributed by atoms with E-state index in [2.05, 4.69) is 12.2 Å². The second-order valence-corrected chi connectivity index (χ2v) is 3.89. The molecule has 0 aliphatic carbocycles. The van der Waals surface area contributed by atoms with Crippen LogP contribution in [0, 0.1) is 12.7 Å². The summed E-state index contributed by atoms with van der Waals surface area (Å²) in [6, 6.07) is 5.10. The molecule has 0 aliphatic rings. The number of hydrogen-bond donors (Lipinski definition) is 1. The van der Waals surface area contributed by atoms with Gasteiger partial charge in [-0.1, -0.05) is 13.0 Å². The van der Waals surface area contributed by atoms with Gasteiger partial charge in [-0.3, -0.25) is 0 Å². The highest BCUT2D eigenvalue weighted by Gasteiger charge is 2.13. The number of methoxy groups -OCH3 is 1. The van der Waals surface area contributed by atoms with E-state index in [0.29, 0.717) is 6.61 Å². The van der Waals surface area contributed by atoms with Crippen LogP contribution in [-0.4, -0.2) is 20.3 Å². The predicted octanol–water partition coefficient (Wildman–Crippen LogP) is 2.82. The predicted molar refractivity (Wildman–Crippen MR) is 64.0 cm³/mol. The Kier molecular flexibility index (Phi) is 5.43. The van der Waals surface area contributed by atoms with Gasteiger partial charge >= 0.3 is 0 Å². The summed E-state index contributed by atoms with van der Waals surface area (Å²) in [7, 11) is 1.68. The number of hydrogen-bond acceptors (Lipinski definition) is 2. The Balaban J connectivity index is 2.85. The second-order valence-electron chi connectivity index (χ2n) is 3.89. The van der Waals surface area contributed by atoms with Gasteiger partial charge in [0.05, 0.1) is 0 Å². The van der Waals surface area contributed by atoms with E-state index in [1.54, 1.807) is 13.2 Å².